The van der Waals surface area contributed by atoms with Crippen molar-refractivity contribution < 1.29 is 9.90 Å². The van der Waals surface area contributed by atoms with Gasteiger partial charge in [0, 0.05) is 12.6 Å². The van der Waals surface area contributed by atoms with E-state index >= 15 is 0 Å². The third-order valence-electron chi connectivity index (χ3n) is 3.78. The third kappa shape index (κ3) is 2.71. The zero-order chi connectivity index (χ0) is 11.6. The Morgan fingerprint density at radius 3 is 2.47 bits per heavy atom. The highest BCUT2D eigenvalue weighted by molar-refractivity contribution is 5.74. The minimum Gasteiger partial charge on any atom is -0.481 e. The maximum absolute atomic E-state index is 11.2. The zero-order valence-corrected chi connectivity index (χ0v) is 10.3. The molecule has 0 spiro atoms. The molecule has 1 heterocycles. The summed E-state index contributed by atoms with van der Waals surface area (Å²) in [5.74, 6) is -0.0655. The van der Waals surface area contributed by atoms with E-state index in [0.29, 0.717) is 18.5 Å². The summed E-state index contributed by atoms with van der Waals surface area (Å²) in [7, 11) is 0. The predicted octanol–water partition coefficient (Wildman–Crippen LogP) is 2.22. The number of hydrogen-bond donors (Lipinski definition) is 1. The van der Waals surface area contributed by atoms with Gasteiger partial charge in [-0.15, -0.1) is 0 Å². The minimum atomic E-state index is -0.650. The second-order valence-corrected chi connectivity index (χ2v) is 5.42. The van der Waals surface area contributed by atoms with Crippen LogP contribution >= 0.6 is 0 Å². The molecule has 0 bridgehead atoms. The molecule has 1 aliphatic heterocycles. The SMILES string of the molecule is CC(C)C(C)N1CCCC(C)(C(=O)O)C1. The van der Waals surface area contributed by atoms with E-state index in [-0.39, 0.29) is 0 Å². The van der Waals surface area contributed by atoms with Crippen LogP contribution < -0.4 is 0 Å². The van der Waals surface area contributed by atoms with Crippen molar-refractivity contribution in [2.75, 3.05) is 13.1 Å². The van der Waals surface area contributed by atoms with Gasteiger partial charge in [-0.1, -0.05) is 13.8 Å². The van der Waals surface area contributed by atoms with E-state index in [1.54, 1.807) is 0 Å². The molecule has 0 aromatic carbocycles. The first-order chi connectivity index (χ1) is 6.87. The molecule has 0 aliphatic carbocycles. The van der Waals surface area contributed by atoms with Gasteiger partial charge in [0.1, 0.15) is 0 Å². The first kappa shape index (κ1) is 12.5. The van der Waals surface area contributed by atoms with E-state index in [9.17, 15) is 9.90 Å². The normalized spacial score (nSPS) is 30.5. The first-order valence-electron chi connectivity index (χ1n) is 5.84. The Balaban J connectivity index is 2.67. The van der Waals surface area contributed by atoms with Crippen molar-refractivity contribution in [2.45, 2.75) is 46.6 Å². The molecule has 1 rings (SSSR count). The molecule has 2 unspecified atom stereocenters. The Bertz CT molecular complexity index is 240. The van der Waals surface area contributed by atoms with Crippen molar-refractivity contribution in [2.24, 2.45) is 11.3 Å². The Kier molecular flexibility index (Phi) is 3.77. The molecule has 1 fully saturated rings. The number of likely N-dealkylation sites (tertiary alicyclic amines) is 1. The van der Waals surface area contributed by atoms with Gasteiger partial charge in [0.05, 0.1) is 5.41 Å². The van der Waals surface area contributed by atoms with Crippen molar-refractivity contribution >= 4 is 5.97 Å². The van der Waals surface area contributed by atoms with Crippen molar-refractivity contribution in [3.05, 3.63) is 0 Å². The summed E-state index contributed by atoms with van der Waals surface area (Å²) in [6.07, 6.45) is 1.81. The van der Waals surface area contributed by atoms with Crippen LogP contribution in [-0.4, -0.2) is 35.1 Å². The molecular formula is C12H23NO2. The lowest BCUT2D eigenvalue weighted by atomic mass is 9.81. The largest absolute Gasteiger partial charge is 0.481 e. The highest BCUT2D eigenvalue weighted by Crippen LogP contribution is 2.31. The molecule has 15 heavy (non-hydrogen) atoms. The number of carbonyl (C=O) groups is 1. The number of hydrogen-bond acceptors (Lipinski definition) is 2. The van der Waals surface area contributed by atoms with Crippen LogP contribution in [0.5, 0.6) is 0 Å². The minimum absolute atomic E-state index is 0.476. The number of aliphatic carboxylic acids is 1. The van der Waals surface area contributed by atoms with E-state index in [2.05, 4.69) is 25.7 Å². The fourth-order valence-electron chi connectivity index (χ4n) is 2.22. The van der Waals surface area contributed by atoms with Crippen LogP contribution in [0, 0.1) is 11.3 Å². The lowest BCUT2D eigenvalue weighted by molar-refractivity contribution is -0.152. The number of nitrogens with zero attached hydrogens (tertiary/aromatic N) is 1. The van der Waals surface area contributed by atoms with Crippen molar-refractivity contribution in [3.8, 4) is 0 Å². The van der Waals surface area contributed by atoms with E-state index in [1.165, 1.54) is 0 Å². The number of carboxylic acid groups (broad SMARTS) is 1. The third-order valence-corrected chi connectivity index (χ3v) is 3.78. The molecular weight excluding hydrogens is 190 g/mol. The summed E-state index contributed by atoms with van der Waals surface area (Å²) in [4.78, 5) is 13.5. The molecule has 0 aromatic heterocycles. The maximum Gasteiger partial charge on any atom is 0.310 e. The standard InChI is InChI=1S/C12H23NO2/c1-9(2)10(3)13-7-5-6-12(4,8-13)11(14)15/h9-10H,5-8H2,1-4H3,(H,14,15). The van der Waals surface area contributed by atoms with Crippen LogP contribution in [-0.2, 0) is 4.79 Å². The summed E-state index contributed by atoms with van der Waals surface area (Å²) in [5, 5.41) is 9.21. The van der Waals surface area contributed by atoms with Gasteiger partial charge in [0.25, 0.3) is 0 Å². The predicted molar refractivity (Wildman–Crippen MR) is 60.8 cm³/mol. The average Bonchev–Trinajstić information content (AvgIpc) is 2.16. The Hall–Kier alpha value is -0.570. The van der Waals surface area contributed by atoms with Gasteiger partial charge in [-0.25, -0.2) is 0 Å². The fraction of sp³-hybridized carbons (Fsp3) is 0.917. The van der Waals surface area contributed by atoms with Gasteiger partial charge in [-0.2, -0.15) is 0 Å². The molecule has 3 nitrogen and oxygen atoms in total. The monoisotopic (exact) mass is 213 g/mol. The molecule has 0 radical (unpaired) electrons. The van der Waals surface area contributed by atoms with Crippen molar-refractivity contribution in [1.82, 2.24) is 4.90 Å². The van der Waals surface area contributed by atoms with Crippen LogP contribution in [0.25, 0.3) is 0 Å². The summed E-state index contributed by atoms with van der Waals surface area (Å²) >= 11 is 0. The van der Waals surface area contributed by atoms with Gasteiger partial charge in [-0.05, 0) is 39.2 Å². The second kappa shape index (κ2) is 4.52. The van der Waals surface area contributed by atoms with Crippen molar-refractivity contribution in [1.29, 1.82) is 0 Å². The Morgan fingerprint density at radius 1 is 1.40 bits per heavy atom. The topological polar surface area (TPSA) is 40.5 Å². The first-order valence-corrected chi connectivity index (χ1v) is 5.84. The highest BCUT2D eigenvalue weighted by atomic mass is 16.4. The van der Waals surface area contributed by atoms with Gasteiger partial charge >= 0.3 is 5.97 Å². The molecule has 2 atom stereocenters. The van der Waals surface area contributed by atoms with E-state index in [0.717, 1.165) is 19.4 Å². The molecule has 0 aromatic rings. The molecule has 1 saturated heterocycles. The molecule has 0 amide bonds. The molecule has 0 saturated carbocycles. The lowest BCUT2D eigenvalue weighted by Gasteiger charge is -2.42. The van der Waals surface area contributed by atoms with Crippen molar-refractivity contribution in [3.63, 3.8) is 0 Å². The van der Waals surface area contributed by atoms with Crippen LogP contribution in [0.3, 0.4) is 0 Å². The van der Waals surface area contributed by atoms with E-state index < -0.39 is 11.4 Å². The lowest BCUT2D eigenvalue weighted by Crippen LogP contribution is -2.50. The smallest absolute Gasteiger partial charge is 0.310 e. The molecule has 3 heteroatoms. The van der Waals surface area contributed by atoms with Crippen LogP contribution in [0.2, 0.25) is 0 Å². The number of rotatable bonds is 3. The summed E-state index contributed by atoms with van der Waals surface area (Å²) in [6.45, 7) is 10.2. The quantitative estimate of drug-likeness (QED) is 0.781. The molecule has 1 N–H and O–H groups in total. The van der Waals surface area contributed by atoms with Crippen LogP contribution in [0.4, 0.5) is 0 Å². The number of carboxylic acids is 1. The number of piperidine rings is 1. The second-order valence-electron chi connectivity index (χ2n) is 5.42. The summed E-state index contributed by atoms with van der Waals surface area (Å²) < 4.78 is 0. The molecule has 88 valence electrons. The summed E-state index contributed by atoms with van der Waals surface area (Å²) in [6, 6.07) is 0.476. The van der Waals surface area contributed by atoms with Gasteiger partial charge in [-0.3, -0.25) is 9.69 Å². The zero-order valence-electron chi connectivity index (χ0n) is 10.3. The highest BCUT2D eigenvalue weighted by Gasteiger charge is 2.39. The van der Waals surface area contributed by atoms with Gasteiger partial charge in [0.15, 0.2) is 0 Å². The summed E-state index contributed by atoms with van der Waals surface area (Å²) in [5.41, 5.74) is -0.540. The average molecular weight is 213 g/mol. The van der Waals surface area contributed by atoms with Gasteiger partial charge < -0.3 is 5.11 Å². The Labute approximate surface area is 92.5 Å². The van der Waals surface area contributed by atoms with E-state index in [1.807, 2.05) is 6.92 Å². The van der Waals surface area contributed by atoms with E-state index in [4.69, 9.17) is 0 Å². The van der Waals surface area contributed by atoms with Gasteiger partial charge in [0.2, 0.25) is 0 Å². The molecule has 1 aliphatic rings. The van der Waals surface area contributed by atoms with Crippen LogP contribution in [0.1, 0.15) is 40.5 Å². The van der Waals surface area contributed by atoms with Crippen LogP contribution in [0.15, 0.2) is 0 Å². The maximum atomic E-state index is 11.2. The Morgan fingerprint density at radius 2 is 2.00 bits per heavy atom. The fourth-order valence-corrected chi connectivity index (χ4v) is 2.22.